The van der Waals surface area contributed by atoms with E-state index >= 15 is 0 Å². The van der Waals surface area contributed by atoms with Crippen LogP contribution in [0.3, 0.4) is 0 Å². The Morgan fingerprint density at radius 1 is 1.32 bits per heavy atom. The van der Waals surface area contributed by atoms with Crippen molar-refractivity contribution in [2.24, 2.45) is 0 Å². The monoisotopic (exact) mass is 380 g/mol. The molecule has 0 aliphatic heterocycles. The zero-order valence-corrected chi connectivity index (χ0v) is 16.5. The van der Waals surface area contributed by atoms with Crippen LogP contribution in [0.25, 0.3) is 5.69 Å². The number of anilines is 1. The fourth-order valence-corrected chi connectivity index (χ4v) is 2.50. The predicted molar refractivity (Wildman–Crippen MR) is 108 cm³/mol. The van der Waals surface area contributed by atoms with Crippen molar-refractivity contribution in [2.45, 2.75) is 46.5 Å². The first-order valence-corrected chi connectivity index (χ1v) is 9.23. The Kier molecular flexibility index (Phi) is 7.64. The van der Waals surface area contributed by atoms with Crippen LogP contribution < -0.4 is 5.32 Å². The number of nitrogens with one attached hydrogen (secondary N) is 1. The minimum Gasteiger partial charge on any atom is -0.354 e. The molecule has 0 atom stereocenters. The maximum Gasteiger partial charge on any atom is 0.123 e. The average molecular weight is 380 g/mol. The molecule has 0 unspecified atom stereocenters. The van der Waals surface area contributed by atoms with Gasteiger partial charge in [-0.25, -0.2) is 4.39 Å². The molecule has 0 spiro atoms. The van der Waals surface area contributed by atoms with Crippen molar-refractivity contribution in [3.05, 3.63) is 65.7 Å². The minimum atomic E-state index is -0.453. The largest absolute Gasteiger partial charge is 0.354 e. The fourth-order valence-electron chi connectivity index (χ4n) is 2.50. The van der Waals surface area contributed by atoms with Gasteiger partial charge in [0.15, 0.2) is 0 Å². The van der Waals surface area contributed by atoms with Gasteiger partial charge in [-0.05, 0) is 44.4 Å². The molecule has 0 amide bonds. The summed E-state index contributed by atoms with van der Waals surface area (Å²) in [7, 11) is 0. The van der Waals surface area contributed by atoms with Gasteiger partial charge in [0, 0.05) is 5.70 Å². The SMILES string of the molecule is C=C(Nc1cnc(CCCCC)c(-n2nccn2)c1)/C(C#N)=C\C(F)=C(C)C. The fraction of sp³-hybridized carbons (Fsp3) is 0.333. The van der Waals surface area contributed by atoms with Crippen LogP contribution in [0.4, 0.5) is 10.1 Å². The zero-order chi connectivity index (χ0) is 20.5. The number of nitriles is 1. The molecule has 1 N–H and O–H groups in total. The summed E-state index contributed by atoms with van der Waals surface area (Å²) in [5.41, 5.74) is 3.17. The molecule has 0 saturated heterocycles. The van der Waals surface area contributed by atoms with E-state index in [1.165, 1.54) is 10.9 Å². The first kappa shape index (κ1) is 21.0. The van der Waals surface area contributed by atoms with E-state index in [0.717, 1.165) is 37.1 Å². The highest BCUT2D eigenvalue weighted by molar-refractivity contribution is 5.59. The lowest BCUT2D eigenvalue weighted by atomic mass is 10.1. The Morgan fingerprint density at radius 3 is 2.64 bits per heavy atom. The van der Waals surface area contributed by atoms with E-state index < -0.39 is 5.83 Å². The quantitative estimate of drug-likeness (QED) is 0.375. The Hall–Kier alpha value is -3.27. The molecule has 0 fully saturated rings. The Balaban J connectivity index is 2.29. The van der Waals surface area contributed by atoms with Gasteiger partial charge in [0.1, 0.15) is 17.6 Å². The third-order valence-electron chi connectivity index (χ3n) is 4.09. The molecule has 2 rings (SSSR count). The standard InChI is InChI=1S/C21H25FN6/c1-5-6-7-8-20-21(28-25-9-10-26-28)12-18(14-24-20)27-16(4)17(13-23)11-19(22)15(2)3/h9-12,14,27H,4-8H2,1-3H3/b17-11-. The Morgan fingerprint density at radius 2 is 2.04 bits per heavy atom. The summed E-state index contributed by atoms with van der Waals surface area (Å²) < 4.78 is 13.9. The summed E-state index contributed by atoms with van der Waals surface area (Å²) in [4.78, 5) is 6.06. The molecular formula is C21H25FN6. The number of aromatic nitrogens is 4. The van der Waals surface area contributed by atoms with Crippen molar-refractivity contribution >= 4 is 5.69 Å². The lowest BCUT2D eigenvalue weighted by Gasteiger charge is -2.13. The van der Waals surface area contributed by atoms with E-state index in [9.17, 15) is 9.65 Å². The molecule has 28 heavy (non-hydrogen) atoms. The lowest BCUT2D eigenvalue weighted by Crippen LogP contribution is -2.08. The highest BCUT2D eigenvalue weighted by atomic mass is 19.1. The number of pyridine rings is 1. The third kappa shape index (κ3) is 5.61. The highest BCUT2D eigenvalue weighted by Gasteiger charge is 2.11. The third-order valence-corrected chi connectivity index (χ3v) is 4.09. The van der Waals surface area contributed by atoms with Crippen LogP contribution in [0.15, 0.2) is 60.0 Å². The van der Waals surface area contributed by atoms with Gasteiger partial charge in [-0.1, -0.05) is 26.3 Å². The average Bonchev–Trinajstić information content (AvgIpc) is 3.21. The maximum absolute atomic E-state index is 13.9. The zero-order valence-electron chi connectivity index (χ0n) is 16.5. The van der Waals surface area contributed by atoms with E-state index in [1.54, 1.807) is 32.4 Å². The minimum absolute atomic E-state index is 0.115. The number of aryl methyl sites for hydroxylation is 1. The highest BCUT2D eigenvalue weighted by Crippen LogP contribution is 2.22. The molecule has 146 valence electrons. The summed E-state index contributed by atoms with van der Waals surface area (Å²) in [6, 6.07) is 3.82. The van der Waals surface area contributed by atoms with Crippen molar-refractivity contribution in [3.63, 3.8) is 0 Å². The van der Waals surface area contributed by atoms with Gasteiger partial charge < -0.3 is 5.32 Å². The molecule has 0 radical (unpaired) electrons. The smallest absolute Gasteiger partial charge is 0.123 e. The number of rotatable bonds is 9. The molecule has 0 aromatic carbocycles. The second-order valence-electron chi connectivity index (χ2n) is 6.59. The molecule has 2 aromatic heterocycles. The summed E-state index contributed by atoms with van der Waals surface area (Å²) in [6.07, 6.45) is 10.2. The van der Waals surface area contributed by atoms with E-state index in [1.807, 2.05) is 12.1 Å². The number of allylic oxidation sites excluding steroid dienone is 4. The van der Waals surface area contributed by atoms with Gasteiger partial charge in [0.25, 0.3) is 0 Å². The number of halogens is 1. The second kappa shape index (κ2) is 10.2. The van der Waals surface area contributed by atoms with E-state index in [-0.39, 0.29) is 5.57 Å². The second-order valence-corrected chi connectivity index (χ2v) is 6.59. The summed E-state index contributed by atoms with van der Waals surface area (Å²) in [5.74, 6) is -0.453. The molecule has 2 heterocycles. The number of nitrogens with zero attached hydrogens (tertiary/aromatic N) is 5. The normalized spacial score (nSPS) is 11.0. The van der Waals surface area contributed by atoms with Gasteiger partial charge in [0.2, 0.25) is 0 Å². The van der Waals surface area contributed by atoms with Crippen LogP contribution in [0.5, 0.6) is 0 Å². The van der Waals surface area contributed by atoms with Gasteiger partial charge in [-0.3, -0.25) is 4.98 Å². The van der Waals surface area contributed by atoms with Crippen molar-refractivity contribution in [1.29, 1.82) is 5.26 Å². The summed E-state index contributed by atoms with van der Waals surface area (Å²) >= 11 is 0. The molecule has 0 bridgehead atoms. The van der Waals surface area contributed by atoms with E-state index in [2.05, 4.69) is 34.0 Å². The van der Waals surface area contributed by atoms with Crippen LogP contribution in [0.1, 0.15) is 45.7 Å². The van der Waals surface area contributed by atoms with Gasteiger partial charge in [-0.2, -0.15) is 15.5 Å². The van der Waals surface area contributed by atoms with Crippen LogP contribution >= 0.6 is 0 Å². The Bertz CT molecular complexity index is 915. The maximum atomic E-state index is 13.9. The number of unbranched alkanes of at least 4 members (excludes halogenated alkanes) is 2. The first-order chi connectivity index (χ1) is 13.5. The van der Waals surface area contributed by atoms with Gasteiger partial charge in [-0.15, -0.1) is 4.80 Å². The van der Waals surface area contributed by atoms with Crippen molar-refractivity contribution in [2.75, 3.05) is 5.32 Å². The van der Waals surface area contributed by atoms with E-state index in [0.29, 0.717) is 17.0 Å². The number of hydrogen-bond acceptors (Lipinski definition) is 5. The van der Waals surface area contributed by atoms with Crippen LogP contribution in [-0.4, -0.2) is 20.0 Å². The lowest BCUT2D eigenvalue weighted by molar-refractivity contribution is 0.653. The molecule has 2 aromatic rings. The summed E-state index contributed by atoms with van der Waals surface area (Å²) in [5, 5.41) is 20.8. The van der Waals surface area contributed by atoms with Crippen molar-refractivity contribution in [3.8, 4) is 11.8 Å². The van der Waals surface area contributed by atoms with Gasteiger partial charge in [0.05, 0.1) is 35.5 Å². The van der Waals surface area contributed by atoms with Crippen LogP contribution in [0.2, 0.25) is 0 Å². The van der Waals surface area contributed by atoms with Crippen LogP contribution in [0, 0.1) is 11.3 Å². The van der Waals surface area contributed by atoms with E-state index in [4.69, 9.17) is 0 Å². The van der Waals surface area contributed by atoms with Crippen molar-refractivity contribution in [1.82, 2.24) is 20.0 Å². The topological polar surface area (TPSA) is 79.4 Å². The van der Waals surface area contributed by atoms with Crippen molar-refractivity contribution < 1.29 is 4.39 Å². The van der Waals surface area contributed by atoms with Gasteiger partial charge >= 0.3 is 0 Å². The number of hydrogen-bond donors (Lipinski definition) is 1. The Labute approximate surface area is 165 Å². The molecule has 0 aliphatic rings. The first-order valence-electron chi connectivity index (χ1n) is 9.23. The molecule has 6 nitrogen and oxygen atoms in total. The van der Waals surface area contributed by atoms with Crippen LogP contribution in [-0.2, 0) is 6.42 Å². The molecule has 0 saturated carbocycles. The molecule has 7 heteroatoms. The molecular weight excluding hydrogens is 355 g/mol. The summed E-state index contributed by atoms with van der Waals surface area (Å²) in [6.45, 7) is 9.29. The predicted octanol–water partition coefficient (Wildman–Crippen LogP) is 5.03. The molecule has 0 aliphatic carbocycles.